The minimum absolute atomic E-state index is 0.0538. The van der Waals surface area contributed by atoms with Crippen molar-refractivity contribution in [3.05, 3.63) is 59.7 Å². The number of ether oxygens (including phenoxy) is 1. The average molecular weight is 380 g/mol. The van der Waals surface area contributed by atoms with E-state index in [2.05, 4.69) is 58.4 Å². The standard InChI is InChI=1S/C23H29N3O2/c1-18-4-6-19(7-5-18)22-3-2-12-26(22)17-23(27)24-20-8-10-21(11-9-20)25-13-15-28-16-14-25/h4-11,22H,2-3,12-17H2,1H3,(H,24,27)/t22-/m0/s1. The van der Waals surface area contributed by atoms with Gasteiger partial charge in [0.25, 0.3) is 0 Å². The van der Waals surface area contributed by atoms with Gasteiger partial charge in [0.2, 0.25) is 5.91 Å². The number of amides is 1. The van der Waals surface area contributed by atoms with Crippen LogP contribution in [0.4, 0.5) is 11.4 Å². The van der Waals surface area contributed by atoms with Gasteiger partial charge in [0, 0.05) is 30.5 Å². The van der Waals surface area contributed by atoms with E-state index in [1.54, 1.807) is 0 Å². The van der Waals surface area contributed by atoms with Crippen molar-refractivity contribution in [2.75, 3.05) is 49.6 Å². The highest BCUT2D eigenvalue weighted by Gasteiger charge is 2.27. The van der Waals surface area contributed by atoms with Gasteiger partial charge >= 0.3 is 0 Å². The largest absolute Gasteiger partial charge is 0.378 e. The summed E-state index contributed by atoms with van der Waals surface area (Å²) >= 11 is 0. The van der Waals surface area contributed by atoms with Crippen LogP contribution >= 0.6 is 0 Å². The molecule has 2 aliphatic heterocycles. The number of carbonyl (C=O) groups is 1. The number of hydrogen-bond donors (Lipinski definition) is 1. The molecule has 0 spiro atoms. The van der Waals surface area contributed by atoms with Crippen molar-refractivity contribution in [2.24, 2.45) is 0 Å². The Morgan fingerprint density at radius 2 is 1.75 bits per heavy atom. The van der Waals surface area contributed by atoms with E-state index in [1.165, 1.54) is 16.8 Å². The lowest BCUT2D eigenvalue weighted by atomic mass is 10.0. The number of hydrogen-bond acceptors (Lipinski definition) is 4. The average Bonchev–Trinajstić information content (AvgIpc) is 3.18. The fraction of sp³-hybridized carbons (Fsp3) is 0.435. The normalized spacial score (nSPS) is 20.3. The molecule has 5 heteroatoms. The number of anilines is 2. The summed E-state index contributed by atoms with van der Waals surface area (Å²) in [5, 5.41) is 3.06. The maximum absolute atomic E-state index is 12.6. The van der Waals surface area contributed by atoms with Crippen molar-refractivity contribution < 1.29 is 9.53 Å². The van der Waals surface area contributed by atoms with Gasteiger partial charge in [-0.2, -0.15) is 0 Å². The second kappa shape index (κ2) is 8.76. The van der Waals surface area contributed by atoms with Gasteiger partial charge < -0.3 is 15.0 Å². The number of morpholine rings is 1. The molecule has 1 amide bonds. The molecule has 1 N–H and O–H groups in total. The van der Waals surface area contributed by atoms with Gasteiger partial charge in [0.15, 0.2) is 0 Å². The summed E-state index contributed by atoms with van der Waals surface area (Å²) in [6.07, 6.45) is 2.25. The Labute approximate surface area is 167 Å². The van der Waals surface area contributed by atoms with E-state index in [1.807, 2.05) is 12.1 Å². The van der Waals surface area contributed by atoms with Crippen LogP contribution in [0.2, 0.25) is 0 Å². The van der Waals surface area contributed by atoms with Crippen LogP contribution in [0.25, 0.3) is 0 Å². The molecule has 28 heavy (non-hydrogen) atoms. The highest BCUT2D eigenvalue weighted by Crippen LogP contribution is 2.31. The predicted molar refractivity (Wildman–Crippen MR) is 113 cm³/mol. The third kappa shape index (κ3) is 4.54. The summed E-state index contributed by atoms with van der Waals surface area (Å²) in [5.41, 5.74) is 4.62. The molecule has 0 aliphatic carbocycles. The van der Waals surface area contributed by atoms with E-state index < -0.39 is 0 Å². The molecule has 0 radical (unpaired) electrons. The lowest BCUT2D eigenvalue weighted by Gasteiger charge is -2.29. The number of nitrogens with one attached hydrogen (secondary N) is 1. The van der Waals surface area contributed by atoms with Gasteiger partial charge in [-0.05, 0) is 56.1 Å². The summed E-state index contributed by atoms with van der Waals surface area (Å²) in [6, 6.07) is 17.2. The summed E-state index contributed by atoms with van der Waals surface area (Å²) in [5.74, 6) is 0.0538. The Morgan fingerprint density at radius 3 is 2.46 bits per heavy atom. The van der Waals surface area contributed by atoms with Gasteiger partial charge in [-0.1, -0.05) is 29.8 Å². The maximum atomic E-state index is 12.6. The number of nitrogens with zero attached hydrogens (tertiary/aromatic N) is 2. The van der Waals surface area contributed by atoms with Crippen LogP contribution in [-0.2, 0) is 9.53 Å². The molecule has 0 unspecified atom stereocenters. The molecule has 1 atom stereocenters. The Morgan fingerprint density at radius 1 is 1.04 bits per heavy atom. The molecule has 5 nitrogen and oxygen atoms in total. The number of benzene rings is 2. The van der Waals surface area contributed by atoms with E-state index in [9.17, 15) is 4.79 Å². The Kier molecular flexibility index (Phi) is 5.93. The molecule has 2 fully saturated rings. The summed E-state index contributed by atoms with van der Waals surface area (Å²) in [6.45, 7) is 6.90. The van der Waals surface area contributed by atoms with Crippen molar-refractivity contribution in [1.29, 1.82) is 0 Å². The molecule has 0 bridgehead atoms. The van der Waals surface area contributed by atoms with Crippen LogP contribution < -0.4 is 10.2 Å². The minimum Gasteiger partial charge on any atom is -0.378 e. The molecule has 0 aromatic heterocycles. The summed E-state index contributed by atoms with van der Waals surface area (Å²) < 4.78 is 5.40. The number of aryl methyl sites for hydroxylation is 1. The van der Waals surface area contributed by atoms with Crippen molar-refractivity contribution in [1.82, 2.24) is 4.90 Å². The van der Waals surface area contributed by atoms with Gasteiger partial charge in [0.05, 0.1) is 19.8 Å². The molecule has 4 rings (SSSR count). The van der Waals surface area contributed by atoms with Gasteiger partial charge in [-0.25, -0.2) is 0 Å². The lowest BCUT2D eigenvalue weighted by molar-refractivity contribution is -0.117. The third-order valence-electron chi connectivity index (χ3n) is 5.70. The van der Waals surface area contributed by atoms with Gasteiger partial charge in [0.1, 0.15) is 0 Å². The first kappa shape index (κ1) is 19.0. The molecular formula is C23H29N3O2. The van der Waals surface area contributed by atoms with Gasteiger partial charge in [-0.3, -0.25) is 9.69 Å². The van der Waals surface area contributed by atoms with E-state index in [4.69, 9.17) is 4.74 Å². The van der Waals surface area contributed by atoms with Crippen molar-refractivity contribution >= 4 is 17.3 Å². The van der Waals surface area contributed by atoms with E-state index in [0.717, 1.165) is 51.4 Å². The minimum atomic E-state index is 0.0538. The summed E-state index contributed by atoms with van der Waals surface area (Å²) in [4.78, 5) is 17.2. The second-order valence-corrected chi connectivity index (χ2v) is 7.73. The Bertz CT molecular complexity index is 782. The van der Waals surface area contributed by atoms with E-state index in [0.29, 0.717) is 12.6 Å². The molecule has 2 aromatic rings. The Balaban J connectivity index is 1.34. The maximum Gasteiger partial charge on any atom is 0.238 e. The second-order valence-electron chi connectivity index (χ2n) is 7.73. The van der Waals surface area contributed by atoms with Gasteiger partial charge in [-0.15, -0.1) is 0 Å². The lowest BCUT2D eigenvalue weighted by Crippen LogP contribution is -2.36. The molecular weight excluding hydrogens is 350 g/mol. The zero-order chi connectivity index (χ0) is 19.3. The quantitative estimate of drug-likeness (QED) is 0.862. The number of rotatable bonds is 5. The third-order valence-corrected chi connectivity index (χ3v) is 5.70. The molecule has 0 saturated carbocycles. The number of carbonyl (C=O) groups excluding carboxylic acids is 1. The fourth-order valence-electron chi connectivity index (χ4n) is 4.14. The SMILES string of the molecule is Cc1ccc([C@@H]2CCCN2CC(=O)Nc2ccc(N3CCOCC3)cc2)cc1. The molecule has 2 aromatic carbocycles. The molecule has 148 valence electrons. The highest BCUT2D eigenvalue weighted by molar-refractivity contribution is 5.92. The van der Waals surface area contributed by atoms with Crippen molar-refractivity contribution in [2.45, 2.75) is 25.8 Å². The summed E-state index contributed by atoms with van der Waals surface area (Å²) in [7, 11) is 0. The Hall–Kier alpha value is -2.37. The number of likely N-dealkylation sites (tertiary alicyclic amines) is 1. The van der Waals surface area contributed by atoms with Crippen LogP contribution in [0, 0.1) is 6.92 Å². The smallest absolute Gasteiger partial charge is 0.238 e. The van der Waals surface area contributed by atoms with Crippen LogP contribution in [0.3, 0.4) is 0 Å². The molecule has 2 aliphatic rings. The van der Waals surface area contributed by atoms with Crippen molar-refractivity contribution in [3.63, 3.8) is 0 Å². The fourth-order valence-corrected chi connectivity index (χ4v) is 4.14. The van der Waals surface area contributed by atoms with Crippen LogP contribution in [0.5, 0.6) is 0 Å². The molecule has 2 heterocycles. The van der Waals surface area contributed by atoms with E-state index >= 15 is 0 Å². The monoisotopic (exact) mass is 379 g/mol. The molecule has 2 saturated heterocycles. The first-order valence-corrected chi connectivity index (χ1v) is 10.2. The first-order valence-electron chi connectivity index (χ1n) is 10.2. The highest BCUT2D eigenvalue weighted by atomic mass is 16.5. The zero-order valence-corrected chi connectivity index (χ0v) is 16.6. The topological polar surface area (TPSA) is 44.8 Å². The van der Waals surface area contributed by atoms with Crippen LogP contribution in [0.1, 0.15) is 30.0 Å². The predicted octanol–water partition coefficient (Wildman–Crippen LogP) is 3.61. The zero-order valence-electron chi connectivity index (χ0n) is 16.6. The van der Waals surface area contributed by atoms with Crippen molar-refractivity contribution in [3.8, 4) is 0 Å². The van der Waals surface area contributed by atoms with Crippen LogP contribution in [0.15, 0.2) is 48.5 Å². The first-order chi connectivity index (χ1) is 13.7. The van der Waals surface area contributed by atoms with Crippen LogP contribution in [-0.4, -0.2) is 50.2 Å². The van der Waals surface area contributed by atoms with E-state index in [-0.39, 0.29) is 5.91 Å².